The molecule has 0 aromatic carbocycles. The lowest BCUT2D eigenvalue weighted by Crippen LogP contribution is -2.57. The van der Waals surface area contributed by atoms with Crippen molar-refractivity contribution in [1.29, 1.82) is 0 Å². The third-order valence-electron chi connectivity index (χ3n) is 3.23. The van der Waals surface area contributed by atoms with Crippen LogP contribution in [0.4, 0.5) is 26.3 Å². The maximum Gasteiger partial charge on any atom is 0.388 e. The van der Waals surface area contributed by atoms with Gasteiger partial charge in [-0.25, -0.2) is 0 Å². The molecule has 0 aliphatic rings. The molecule has 0 aromatic rings. The Hall–Kier alpha value is 0.368. The molecule has 0 amide bonds. The molecule has 0 aliphatic heterocycles. The fourth-order valence-corrected chi connectivity index (χ4v) is 18.1. The van der Waals surface area contributed by atoms with Gasteiger partial charge in [0.25, 0.3) is 0 Å². The molecule has 160 valence electrons. The second-order valence-corrected chi connectivity index (χ2v) is 24.5. The molecule has 2 N–H and O–H groups in total. The fraction of sp³-hybridized carbons (Fsp3) is 1.00. The standard InChI is InChI=1S/C8H20F3NSi2.C6H16F3NSi2/c1-13(2,3)12-14(4,5)7-6-8(9,10)11;1-11(2)10-12(3)5-4-6(7,8)9/h12H,6-7H2,1-5H3;10-12H,4-5H2,1-3H3. The molecule has 0 spiro atoms. The van der Waals surface area contributed by atoms with E-state index >= 15 is 0 Å². The predicted octanol–water partition coefficient (Wildman–Crippen LogP) is 5.43. The van der Waals surface area contributed by atoms with Gasteiger partial charge in [0.1, 0.15) is 16.5 Å². The van der Waals surface area contributed by atoms with Gasteiger partial charge in [-0.05, 0) is 12.1 Å². The van der Waals surface area contributed by atoms with Crippen molar-refractivity contribution in [3.8, 4) is 0 Å². The minimum Gasteiger partial charge on any atom is -0.364 e. The van der Waals surface area contributed by atoms with Gasteiger partial charge in [-0.15, -0.1) is 0 Å². The second-order valence-electron chi connectivity index (χ2n) is 8.75. The number of hydrogen-bond acceptors (Lipinski definition) is 2. The van der Waals surface area contributed by atoms with Crippen LogP contribution in [0.2, 0.25) is 64.5 Å². The molecule has 0 saturated carbocycles. The molecule has 0 aromatic heterocycles. The monoisotopic (exact) mass is 458 g/mol. The molecule has 0 radical (unpaired) electrons. The van der Waals surface area contributed by atoms with E-state index in [2.05, 4.69) is 42.0 Å². The summed E-state index contributed by atoms with van der Waals surface area (Å²) in [5.41, 5.74) is 0. The van der Waals surface area contributed by atoms with E-state index in [-0.39, 0.29) is 6.04 Å². The summed E-state index contributed by atoms with van der Waals surface area (Å²) in [5.74, 6) is 0. The van der Waals surface area contributed by atoms with Crippen molar-refractivity contribution in [3.05, 3.63) is 0 Å². The van der Waals surface area contributed by atoms with Crippen molar-refractivity contribution in [2.75, 3.05) is 0 Å². The first-order chi connectivity index (χ1) is 11.2. The van der Waals surface area contributed by atoms with Crippen molar-refractivity contribution in [3.63, 3.8) is 0 Å². The van der Waals surface area contributed by atoms with Gasteiger partial charge in [0.2, 0.25) is 0 Å². The maximum absolute atomic E-state index is 12.0. The molecule has 2 nitrogen and oxygen atoms in total. The van der Waals surface area contributed by atoms with Crippen LogP contribution in [0.3, 0.4) is 0 Å². The summed E-state index contributed by atoms with van der Waals surface area (Å²) in [4.78, 5) is 0. The van der Waals surface area contributed by atoms with Gasteiger partial charge < -0.3 is 9.30 Å². The lowest BCUT2D eigenvalue weighted by atomic mass is 10.5. The normalized spacial score (nSPS) is 14.9. The van der Waals surface area contributed by atoms with Crippen molar-refractivity contribution < 1.29 is 26.3 Å². The molecule has 1 unspecified atom stereocenters. The molecule has 26 heavy (non-hydrogen) atoms. The number of halogens is 6. The molecule has 0 fully saturated rings. The number of hydrogen-bond donors (Lipinski definition) is 2. The quantitative estimate of drug-likeness (QED) is 0.374. The van der Waals surface area contributed by atoms with Crippen molar-refractivity contribution in [2.24, 2.45) is 0 Å². The topological polar surface area (TPSA) is 24.1 Å². The summed E-state index contributed by atoms with van der Waals surface area (Å²) in [6.45, 7) is 16.4. The summed E-state index contributed by atoms with van der Waals surface area (Å²) in [6, 6.07) is 0.607. The molecule has 0 bridgehead atoms. The number of rotatable bonds is 8. The van der Waals surface area contributed by atoms with E-state index in [0.29, 0.717) is 6.04 Å². The summed E-state index contributed by atoms with van der Waals surface area (Å²) in [5, 5.41) is 0. The zero-order chi connectivity index (χ0) is 21.4. The van der Waals surface area contributed by atoms with Gasteiger partial charge in [0, 0.05) is 12.8 Å². The third-order valence-corrected chi connectivity index (χ3v) is 16.5. The van der Waals surface area contributed by atoms with E-state index < -0.39 is 59.6 Å². The molecule has 0 saturated heterocycles. The molecular formula is C14H36F6N2Si4. The Morgan fingerprint density at radius 3 is 1.50 bits per heavy atom. The van der Waals surface area contributed by atoms with E-state index in [1.165, 1.54) is 0 Å². The molecule has 1 atom stereocenters. The Morgan fingerprint density at radius 2 is 1.19 bits per heavy atom. The van der Waals surface area contributed by atoms with Crippen LogP contribution < -0.4 is 9.30 Å². The highest BCUT2D eigenvalue weighted by Gasteiger charge is 2.34. The second kappa shape index (κ2) is 11.4. The molecular weight excluding hydrogens is 423 g/mol. The highest BCUT2D eigenvalue weighted by molar-refractivity contribution is 6.90. The molecule has 12 heteroatoms. The van der Waals surface area contributed by atoms with E-state index in [9.17, 15) is 26.3 Å². The Labute approximate surface area is 160 Å². The van der Waals surface area contributed by atoms with Crippen molar-refractivity contribution in [2.45, 2.75) is 89.7 Å². The van der Waals surface area contributed by atoms with Gasteiger partial charge in [-0.1, -0.05) is 52.4 Å². The fourth-order valence-electron chi connectivity index (χ4n) is 2.56. The van der Waals surface area contributed by atoms with E-state index in [1.54, 1.807) is 0 Å². The minimum absolute atomic E-state index is 0.279. The van der Waals surface area contributed by atoms with Crippen LogP contribution in [-0.2, 0) is 0 Å². The van der Waals surface area contributed by atoms with Gasteiger partial charge >= 0.3 is 12.4 Å². The lowest BCUT2D eigenvalue weighted by molar-refractivity contribution is -0.131. The Balaban J connectivity index is 0. The van der Waals surface area contributed by atoms with Gasteiger partial charge in [0.15, 0.2) is 0 Å². The highest BCUT2D eigenvalue weighted by Crippen LogP contribution is 2.25. The molecule has 0 heterocycles. The van der Waals surface area contributed by atoms with Crippen LogP contribution in [0.1, 0.15) is 12.8 Å². The zero-order valence-corrected chi connectivity index (χ0v) is 21.6. The van der Waals surface area contributed by atoms with Crippen LogP contribution in [0.5, 0.6) is 0 Å². The Morgan fingerprint density at radius 1 is 0.769 bits per heavy atom. The Kier molecular flexibility index (Phi) is 12.5. The highest BCUT2D eigenvalue weighted by atomic mass is 28.4. The lowest BCUT2D eigenvalue weighted by Gasteiger charge is -2.32. The van der Waals surface area contributed by atoms with Crippen molar-refractivity contribution >= 4 is 34.4 Å². The maximum atomic E-state index is 12.0. The van der Waals surface area contributed by atoms with Gasteiger partial charge in [0.05, 0.1) is 17.9 Å². The van der Waals surface area contributed by atoms with Crippen LogP contribution in [0.25, 0.3) is 0 Å². The summed E-state index contributed by atoms with van der Waals surface area (Å²) < 4.78 is 78.1. The van der Waals surface area contributed by atoms with Crippen LogP contribution in [-0.4, -0.2) is 46.7 Å². The molecule has 0 aliphatic carbocycles. The average molecular weight is 459 g/mol. The largest absolute Gasteiger partial charge is 0.388 e. The number of alkyl halides is 6. The first-order valence-corrected chi connectivity index (χ1v) is 21.1. The van der Waals surface area contributed by atoms with Crippen molar-refractivity contribution in [1.82, 2.24) is 9.30 Å². The van der Waals surface area contributed by atoms with Gasteiger partial charge in [-0.2, -0.15) is 26.3 Å². The van der Waals surface area contributed by atoms with Crippen LogP contribution in [0.15, 0.2) is 0 Å². The van der Waals surface area contributed by atoms with Gasteiger partial charge in [-0.3, -0.25) is 0 Å². The SMILES string of the molecule is C[SiH](C)N[SiH](C)CCC(F)(F)F.C[Si](C)(C)N[Si](C)(C)CCC(F)(F)F. The summed E-state index contributed by atoms with van der Waals surface area (Å²) in [6.07, 6.45) is -9.24. The molecule has 0 rings (SSSR count). The van der Waals surface area contributed by atoms with Crippen LogP contribution >= 0.6 is 0 Å². The smallest absolute Gasteiger partial charge is 0.364 e. The Bertz CT molecular complexity index is 381. The predicted molar refractivity (Wildman–Crippen MR) is 110 cm³/mol. The van der Waals surface area contributed by atoms with E-state index in [0.717, 1.165) is 0 Å². The first kappa shape index (κ1) is 28.6. The zero-order valence-electron chi connectivity index (χ0n) is 17.3. The average Bonchev–Trinajstić information content (AvgIpc) is 2.30. The van der Waals surface area contributed by atoms with E-state index in [1.807, 2.05) is 19.6 Å². The number of nitrogens with one attached hydrogen (secondary N) is 2. The van der Waals surface area contributed by atoms with Crippen LogP contribution in [0, 0.1) is 0 Å². The summed E-state index contributed by atoms with van der Waals surface area (Å²) in [7, 11) is -5.44. The summed E-state index contributed by atoms with van der Waals surface area (Å²) >= 11 is 0. The third kappa shape index (κ3) is 24.4. The minimum atomic E-state index is -4.01. The van der Waals surface area contributed by atoms with E-state index in [4.69, 9.17) is 0 Å². The first-order valence-electron chi connectivity index (χ1n) is 8.91.